The van der Waals surface area contributed by atoms with Gasteiger partial charge in [-0.3, -0.25) is 9.89 Å². The molecule has 1 aliphatic rings. The van der Waals surface area contributed by atoms with Crippen molar-refractivity contribution in [1.29, 1.82) is 0 Å². The summed E-state index contributed by atoms with van der Waals surface area (Å²) in [5, 5.41) is 8.06. The van der Waals surface area contributed by atoms with Crippen LogP contribution in [0.1, 0.15) is 12.0 Å². The van der Waals surface area contributed by atoms with E-state index in [2.05, 4.69) is 10.2 Å². The molecule has 1 saturated heterocycles. The number of aromatic amines is 1. The Morgan fingerprint density at radius 3 is 3.17 bits per heavy atom. The summed E-state index contributed by atoms with van der Waals surface area (Å²) in [6.07, 6.45) is 2.38. The summed E-state index contributed by atoms with van der Waals surface area (Å²) in [6.45, 7) is 1.40. The number of alkyl halides is 1. The zero-order valence-electron chi connectivity index (χ0n) is 9.90. The van der Waals surface area contributed by atoms with Crippen molar-refractivity contribution in [3.05, 3.63) is 30.0 Å². The Hall–Kier alpha value is -1.55. The Morgan fingerprint density at radius 2 is 2.39 bits per heavy atom. The third-order valence-electron chi connectivity index (χ3n) is 3.45. The molecule has 1 N–H and O–H groups in total. The second-order valence-corrected chi connectivity index (χ2v) is 5.06. The molecule has 4 nitrogen and oxygen atoms in total. The smallest absolute Gasteiger partial charge is 0.223 e. The predicted octanol–water partition coefficient (Wildman–Crippen LogP) is 2.15. The number of H-pyrrole nitrogens is 1. The number of halogens is 1. The third-order valence-corrected chi connectivity index (χ3v) is 3.89. The van der Waals surface area contributed by atoms with Crippen molar-refractivity contribution in [2.24, 2.45) is 5.92 Å². The van der Waals surface area contributed by atoms with Gasteiger partial charge in [0.2, 0.25) is 5.91 Å². The van der Waals surface area contributed by atoms with Gasteiger partial charge < -0.3 is 4.90 Å². The van der Waals surface area contributed by atoms with Crippen molar-refractivity contribution in [1.82, 2.24) is 15.1 Å². The number of rotatable bonds is 3. The fourth-order valence-corrected chi connectivity index (χ4v) is 2.69. The van der Waals surface area contributed by atoms with Crippen LogP contribution in [0.15, 0.2) is 24.4 Å². The number of carbonyl (C=O) groups excluding carboxylic acids is 1. The van der Waals surface area contributed by atoms with Crippen molar-refractivity contribution in [2.45, 2.75) is 13.0 Å². The summed E-state index contributed by atoms with van der Waals surface area (Å²) in [6, 6.07) is 6.01. The molecule has 2 aromatic rings. The average molecular weight is 264 g/mol. The van der Waals surface area contributed by atoms with Crippen LogP contribution in [0.4, 0.5) is 0 Å². The lowest BCUT2D eigenvalue weighted by Crippen LogP contribution is -2.24. The lowest BCUT2D eigenvalue weighted by atomic mass is 10.1. The summed E-state index contributed by atoms with van der Waals surface area (Å²) >= 11 is 5.83. The van der Waals surface area contributed by atoms with E-state index in [1.54, 1.807) is 0 Å². The van der Waals surface area contributed by atoms with E-state index in [4.69, 9.17) is 11.6 Å². The van der Waals surface area contributed by atoms with E-state index in [1.165, 1.54) is 0 Å². The summed E-state index contributed by atoms with van der Waals surface area (Å²) in [4.78, 5) is 13.7. The van der Waals surface area contributed by atoms with Gasteiger partial charge in [-0.1, -0.05) is 12.1 Å². The molecule has 0 aliphatic carbocycles. The third kappa shape index (κ3) is 1.97. The van der Waals surface area contributed by atoms with Gasteiger partial charge in [-0.25, -0.2) is 0 Å². The number of carbonyl (C=O) groups is 1. The van der Waals surface area contributed by atoms with Crippen molar-refractivity contribution in [3.8, 4) is 0 Å². The fraction of sp³-hybridized carbons (Fsp3) is 0.385. The minimum absolute atomic E-state index is 0.196. The lowest BCUT2D eigenvalue weighted by Gasteiger charge is -2.16. The molecular formula is C13H14ClN3O. The van der Waals surface area contributed by atoms with Crippen molar-refractivity contribution >= 4 is 28.4 Å². The number of nitrogens with zero attached hydrogens (tertiary/aromatic N) is 2. The molecule has 1 fully saturated rings. The van der Waals surface area contributed by atoms with Crippen LogP contribution in [0, 0.1) is 5.92 Å². The van der Waals surface area contributed by atoms with Gasteiger partial charge in [-0.05, 0) is 17.5 Å². The summed E-state index contributed by atoms with van der Waals surface area (Å²) in [7, 11) is 0. The Morgan fingerprint density at radius 1 is 1.50 bits per heavy atom. The van der Waals surface area contributed by atoms with Crippen LogP contribution in [0.5, 0.6) is 0 Å². The highest BCUT2D eigenvalue weighted by molar-refractivity contribution is 6.18. The first-order chi connectivity index (χ1) is 8.78. The predicted molar refractivity (Wildman–Crippen MR) is 70.3 cm³/mol. The van der Waals surface area contributed by atoms with Gasteiger partial charge >= 0.3 is 0 Å². The monoisotopic (exact) mass is 263 g/mol. The molecule has 0 radical (unpaired) electrons. The first kappa shape index (κ1) is 11.5. The van der Waals surface area contributed by atoms with Gasteiger partial charge in [0.15, 0.2) is 0 Å². The number of benzene rings is 1. The summed E-state index contributed by atoms with van der Waals surface area (Å²) < 4.78 is 0. The molecule has 0 bridgehead atoms. The zero-order valence-corrected chi connectivity index (χ0v) is 10.7. The molecule has 0 saturated carbocycles. The Kier molecular flexibility index (Phi) is 2.96. The highest BCUT2D eigenvalue weighted by Gasteiger charge is 2.29. The van der Waals surface area contributed by atoms with Crippen LogP contribution >= 0.6 is 11.6 Å². The van der Waals surface area contributed by atoms with Crippen LogP contribution in [0.25, 0.3) is 10.9 Å². The fourth-order valence-electron chi connectivity index (χ4n) is 2.48. The Balaban J connectivity index is 1.84. The molecule has 1 aliphatic heterocycles. The molecule has 1 aromatic heterocycles. The van der Waals surface area contributed by atoms with E-state index < -0.39 is 0 Å². The molecule has 0 spiro atoms. The molecule has 5 heteroatoms. The molecule has 1 unspecified atom stereocenters. The largest absolute Gasteiger partial charge is 0.338 e. The normalized spacial score (nSPS) is 19.9. The zero-order chi connectivity index (χ0) is 12.5. The summed E-state index contributed by atoms with van der Waals surface area (Å²) in [5.74, 6) is 1.04. The van der Waals surface area contributed by atoms with Gasteiger partial charge in [-0.2, -0.15) is 5.10 Å². The van der Waals surface area contributed by atoms with Crippen LogP contribution in [0.3, 0.4) is 0 Å². The number of likely N-dealkylation sites (tertiary alicyclic amines) is 1. The van der Waals surface area contributed by atoms with Gasteiger partial charge in [0, 0.05) is 30.8 Å². The standard InChI is InChI=1S/C13H14ClN3O/c14-5-9-4-13(18)17(7-9)8-10-2-1-3-12-11(10)6-15-16-12/h1-3,6,9H,4-5,7-8H2,(H,15,16). The topological polar surface area (TPSA) is 49.0 Å². The maximum absolute atomic E-state index is 11.9. The number of hydrogen-bond donors (Lipinski definition) is 1. The number of aromatic nitrogens is 2. The number of amides is 1. The van der Waals surface area contributed by atoms with E-state index in [1.807, 2.05) is 29.3 Å². The molecule has 94 valence electrons. The number of nitrogens with one attached hydrogen (secondary N) is 1. The molecule has 2 heterocycles. The number of fused-ring (bicyclic) bond motifs is 1. The van der Waals surface area contributed by atoms with Gasteiger partial charge in [0.05, 0.1) is 11.7 Å². The van der Waals surface area contributed by atoms with Crippen LogP contribution < -0.4 is 0 Å². The minimum atomic E-state index is 0.196. The second kappa shape index (κ2) is 4.61. The number of hydrogen-bond acceptors (Lipinski definition) is 2. The minimum Gasteiger partial charge on any atom is -0.338 e. The van der Waals surface area contributed by atoms with Crippen molar-refractivity contribution < 1.29 is 4.79 Å². The maximum atomic E-state index is 11.9. The van der Waals surface area contributed by atoms with Crippen molar-refractivity contribution in [3.63, 3.8) is 0 Å². The van der Waals surface area contributed by atoms with Crippen LogP contribution in [-0.2, 0) is 11.3 Å². The first-order valence-corrected chi connectivity index (χ1v) is 6.56. The maximum Gasteiger partial charge on any atom is 0.223 e. The van der Waals surface area contributed by atoms with Gasteiger partial charge in [-0.15, -0.1) is 11.6 Å². The second-order valence-electron chi connectivity index (χ2n) is 4.75. The Labute approximate surface area is 110 Å². The van der Waals surface area contributed by atoms with E-state index in [-0.39, 0.29) is 5.91 Å². The first-order valence-electron chi connectivity index (χ1n) is 6.02. The SMILES string of the molecule is O=C1CC(CCl)CN1Cc1cccc2[nH]ncc12. The average Bonchev–Trinajstić information content (AvgIpc) is 2.97. The Bertz CT molecular complexity index is 580. The van der Waals surface area contributed by atoms with Crippen LogP contribution in [-0.4, -0.2) is 33.4 Å². The van der Waals surface area contributed by atoms with E-state index in [0.717, 1.165) is 23.0 Å². The lowest BCUT2D eigenvalue weighted by molar-refractivity contribution is -0.128. The van der Waals surface area contributed by atoms with E-state index in [9.17, 15) is 4.79 Å². The highest BCUT2D eigenvalue weighted by atomic mass is 35.5. The van der Waals surface area contributed by atoms with Crippen LogP contribution in [0.2, 0.25) is 0 Å². The molecule has 1 aromatic carbocycles. The molecule has 1 amide bonds. The molecular weight excluding hydrogens is 250 g/mol. The van der Waals surface area contributed by atoms with Crippen molar-refractivity contribution in [2.75, 3.05) is 12.4 Å². The van der Waals surface area contributed by atoms with E-state index >= 15 is 0 Å². The van der Waals surface area contributed by atoms with E-state index in [0.29, 0.717) is 24.8 Å². The van der Waals surface area contributed by atoms with Gasteiger partial charge in [0.1, 0.15) is 0 Å². The molecule has 18 heavy (non-hydrogen) atoms. The molecule has 3 rings (SSSR count). The summed E-state index contributed by atoms with van der Waals surface area (Å²) in [5.41, 5.74) is 2.14. The van der Waals surface area contributed by atoms with Gasteiger partial charge in [0.25, 0.3) is 0 Å². The molecule has 1 atom stereocenters. The quantitative estimate of drug-likeness (QED) is 0.863. The highest BCUT2D eigenvalue weighted by Crippen LogP contribution is 2.24.